The van der Waals surface area contributed by atoms with E-state index in [4.69, 9.17) is 4.74 Å². The molecule has 2 aromatic carbocycles. The minimum Gasteiger partial charge on any atom is -0.488 e. The number of nitriles is 2. The van der Waals surface area contributed by atoms with E-state index in [-0.39, 0.29) is 5.57 Å². The zero-order valence-corrected chi connectivity index (χ0v) is 21.6. The zero-order valence-electron chi connectivity index (χ0n) is 18.7. The van der Waals surface area contributed by atoms with Crippen molar-refractivity contribution >= 4 is 50.9 Å². The molecule has 1 aromatic heterocycles. The molecule has 0 unspecified atom stereocenters. The van der Waals surface area contributed by atoms with Crippen LogP contribution in [0.3, 0.4) is 0 Å². The molecule has 0 fully saturated rings. The van der Waals surface area contributed by atoms with Gasteiger partial charge in [-0.05, 0) is 90.1 Å². The Hall–Kier alpha value is -3.14. The highest BCUT2D eigenvalue weighted by Crippen LogP contribution is 2.37. The van der Waals surface area contributed by atoms with Crippen LogP contribution in [0.1, 0.15) is 45.5 Å². The summed E-state index contributed by atoms with van der Waals surface area (Å²) in [5.74, 6) is 0.233. The maximum absolute atomic E-state index is 12.8. The minimum atomic E-state index is -0.507. The summed E-state index contributed by atoms with van der Waals surface area (Å²) in [5, 5.41) is 22.6. The Morgan fingerprint density at radius 2 is 1.94 bits per heavy atom. The van der Waals surface area contributed by atoms with E-state index in [9.17, 15) is 15.3 Å². The summed E-state index contributed by atoms with van der Waals surface area (Å²) in [6, 6.07) is 18.0. The fraction of sp³-hybridized carbons (Fsp3) is 0.222. The van der Waals surface area contributed by atoms with Crippen molar-refractivity contribution in [3.05, 3.63) is 84.3 Å². The van der Waals surface area contributed by atoms with Crippen LogP contribution < -0.4 is 10.1 Å². The summed E-state index contributed by atoms with van der Waals surface area (Å²) in [7, 11) is 0. The van der Waals surface area contributed by atoms with E-state index in [1.807, 2.05) is 43.3 Å². The first kappa shape index (κ1) is 24.0. The van der Waals surface area contributed by atoms with Crippen molar-refractivity contribution in [1.29, 1.82) is 10.5 Å². The minimum absolute atomic E-state index is 0.0145. The van der Waals surface area contributed by atoms with Gasteiger partial charge in [0.1, 0.15) is 35.1 Å². The summed E-state index contributed by atoms with van der Waals surface area (Å²) in [6.07, 6.45) is 5.50. The lowest BCUT2D eigenvalue weighted by Gasteiger charge is -2.10. The predicted octanol–water partition coefficient (Wildman–Crippen LogP) is 6.54. The SMILES string of the molecule is Cc1ccc(COc2ccc(/C=C(\C#N)C(=O)Nc3sc4c(c3C#N)CCCC4)cc2I)cc1. The molecule has 3 aromatic rings. The third-order valence-corrected chi connectivity index (χ3v) is 7.71. The van der Waals surface area contributed by atoms with Crippen molar-refractivity contribution in [2.24, 2.45) is 0 Å². The summed E-state index contributed by atoms with van der Waals surface area (Å²) >= 11 is 3.64. The third-order valence-electron chi connectivity index (χ3n) is 5.66. The Morgan fingerprint density at radius 1 is 1.18 bits per heavy atom. The van der Waals surface area contributed by atoms with Gasteiger partial charge in [-0.15, -0.1) is 11.3 Å². The standard InChI is InChI=1S/C27H22IN3O2S/c1-17-6-8-18(9-7-17)16-33-24-11-10-19(13-23(24)28)12-20(14-29)26(32)31-27-22(15-30)21-4-2-3-5-25(21)34-27/h6-13H,2-5,16H2,1H3,(H,31,32)/b20-12+. The first-order valence-corrected chi connectivity index (χ1v) is 12.8. The molecule has 0 bridgehead atoms. The van der Waals surface area contributed by atoms with Crippen LogP contribution in [0, 0.1) is 33.2 Å². The quantitative estimate of drug-likeness (QED) is 0.204. The second kappa shape index (κ2) is 10.9. The van der Waals surface area contributed by atoms with Gasteiger partial charge in [-0.3, -0.25) is 4.79 Å². The van der Waals surface area contributed by atoms with Crippen molar-refractivity contribution in [2.45, 2.75) is 39.2 Å². The van der Waals surface area contributed by atoms with Crippen LogP contribution in [0.5, 0.6) is 5.75 Å². The van der Waals surface area contributed by atoms with Gasteiger partial charge in [0.2, 0.25) is 0 Å². The fourth-order valence-electron chi connectivity index (χ4n) is 3.83. The van der Waals surface area contributed by atoms with Crippen molar-refractivity contribution in [1.82, 2.24) is 0 Å². The van der Waals surface area contributed by atoms with Crippen molar-refractivity contribution in [2.75, 3.05) is 5.32 Å². The Balaban J connectivity index is 1.48. The number of hydrogen-bond acceptors (Lipinski definition) is 5. The highest BCUT2D eigenvalue weighted by molar-refractivity contribution is 14.1. The Morgan fingerprint density at radius 3 is 2.65 bits per heavy atom. The van der Waals surface area contributed by atoms with E-state index < -0.39 is 5.91 Å². The van der Waals surface area contributed by atoms with E-state index in [0.29, 0.717) is 17.2 Å². The monoisotopic (exact) mass is 579 g/mol. The van der Waals surface area contributed by atoms with Crippen LogP contribution in [-0.4, -0.2) is 5.91 Å². The molecule has 0 radical (unpaired) electrons. The van der Waals surface area contributed by atoms with Crippen molar-refractivity contribution in [3.8, 4) is 17.9 Å². The van der Waals surface area contributed by atoms with E-state index in [0.717, 1.165) is 56.6 Å². The molecule has 4 rings (SSSR count). The Kier molecular flexibility index (Phi) is 7.66. The van der Waals surface area contributed by atoms with Gasteiger partial charge < -0.3 is 10.1 Å². The topological polar surface area (TPSA) is 85.9 Å². The number of carbonyl (C=O) groups excluding carboxylic acids is 1. The first-order valence-electron chi connectivity index (χ1n) is 10.9. The molecule has 1 aliphatic carbocycles. The molecule has 0 aliphatic heterocycles. The highest BCUT2D eigenvalue weighted by Gasteiger charge is 2.22. The molecule has 34 heavy (non-hydrogen) atoms. The van der Waals surface area contributed by atoms with Gasteiger partial charge in [0, 0.05) is 4.88 Å². The zero-order chi connectivity index (χ0) is 24.1. The van der Waals surface area contributed by atoms with Gasteiger partial charge >= 0.3 is 0 Å². The summed E-state index contributed by atoms with van der Waals surface area (Å²) in [4.78, 5) is 14.0. The van der Waals surface area contributed by atoms with E-state index in [1.165, 1.54) is 16.9 Å². The van der Waals surface area contributed by atoms with Gasteiger partial charge in [-0.25, -0.2) is 0 Å². The highest BCUT2D eigenvalue weighted by atomic mass is 127. The molecule has 1 amide bonds. The molecule has 0 saturated heterocycles. The van der Waals surface area contributed by atoms with Crippen molar-refractivity contribution < 1.29 is 9.53 Å². The second-order valence-corrected chi connectivity index (χ2v) is 10.4. The van der Waals surface area contributed by atoms with Crippen LogP contribution in [0.15, 0.2) is 48.0 Å². The molecule has 5 nitrogen and oxygen atoms in total. The molecule has 170 valence electrons. The largest absolute Gasteiger partial charge is 0.488 e. The summed E-state index contributed by atoms with van der Waals surface area (Å²) in [6.45, 7) is 2.51. The van der Waals surface area contributed by atoms with E-state index in [2.05, 4.69) is 46.1 Å². The lowest BCUT2D eigenvalue weighted by Crippen LogP contribution is -2.13. The number of benzene rings is 2. The number of thiophene rings is 1. The number of rotatable bonds is 6. The summed E-state index contributed by atoms with van der Waals surface area (Å²) in [5.41, 5.74) is 4.58. The molecule has 0 atom stereocenters. The third kappa shape index (κ3) is 5.49. The van der Waals surface area contributed by atoms with Gasteiger partial charge in [-0.2, -0.15) is 10.5 Å². The molecule has 1 aliphatic rings. The maximum Gasteiger partial charge on any atom is 0.266 e. The van der Waals surface area contributed by atoms with Crippen molar-refractivity contribution in [3.63, 3.8) is 0 Å². The normalized spacial score (nSPS) is 12.9. The first-order chi connectivity index (χ1) is 16.5. The van der Waals surface area contributed by atoms with Crippen LogP contribution in [-0.2, 0) is 24.2 Å². The number of carbonyl (C=O) groups is 1. The number of amides is 1. The number of nitrogens with zero attached hydrogens (tertiary/aromatic N) is 2. The second-order valence-electron chi connectivity index (χ2n) is 8.11. The number of halogens is 1. The predicted molar refractivity (Wildman–Crippen MR) is 143 cm³/mol. The Bertz CT molecular complexity index is 1340. The number of anilines is 1. The number of ether oxygens (including phenoxy) is 1. The number of hydrogen-bond donors (Lipinski definition) is 1. The lowest BCUT2D eigenvalue weighted by atomic mass is 9.96. The molecule has 1 N–H and O–H groups in total. The van der Waals surface area contributed by atoms with Gasteiger partial charge in [0.25, 0.3) is 5.91 Å². The number of fused-ring (bicyclic) bond motifs is 1. The molecule has 7 heteroatoms. The molecular formula is C27H22IN3O2S. The van der Waals surface area contributed by atoms with Crippen LogP contribution in [0.25, 0.3) is 6.08 Å². The average Bonchev–Trinajstić information content (AvgIpc) is 3.19. The number of aryl methyl sites for hydroxylation is 2. The average molecular weight is 579 g/mol. The summed E-state index contributed by atoms with van der Waals surface area (Å²) < 4.78 is 6.82. The molecule has 0 spiro atoms. The van der Waals surface area contributed by atoms with Crippen LogP contribution in [0.2, 0.25) is 0 Å². The Labute approximate surface area is 216 Å². The van der Waals surface area contributed by atoms with E-state index in [1.54, 1.807) is 6.08 Å². The molecule has 0 saturated carbocycles. The fourth-order valence-corrected chi connectivity index (χ4v) is 5.76. The molecule has 1 heterocycles. The van der Waals surface area contributed by atoms with Gasteiger partial charge in [0.15, 0.2) is 0 Å². The smallest absolute Gasteiger partial charge is 0.266 e. The van der Waals surface area contributed by atoms with Gasteiger partial charge in [0.05, 0.1) is 9.13 Å². The van der Waals surface area contributed by atoms with Crippen LogP contribution in [0.4, 0.5) is 5.00 Å². The lowest BCUT2D eigenvalue weighted by molar-refractivity contribution is -0.112. The molecular weight excluding hydrogens is 557 g/mol. The maximum atomic E-state index is 12.8. The van der Waals surface area contributed by atoms with E-state index >= 15 is 0 Å². The van der Waals surface area contributed by atoms with Crippen LogP contribution >= 0.6 is 33.9 Å². The van der Waals surface area contributed by atoms with Gasteiger partial charge in [-0.1, -0.05) is 35.9 Å². The number of nitrogens with one attached hydrogen (secondary N) is 1.